The maximum absolute atomic E-state index is 10.8. The maximum Gasteiger partial charge on any atom is 0.247 e. The summed E-state index contributed by atoms with van der Waals surface area (Å²) < 4.78 is 5.18. The third kappa shape index (κ3) is 4.78. The highest BCUT2D eigenvalue weighted by molar-refractivity contribution is 8.00. The Labute approximate surface area is 103 Å². The van der Waals surface area contributed by atoms with Gasteiger partial charge in [0, 0.05) is 4.90 Å². The molecule has 5 heteroatoms. The lowest BCUT2D eigenvalue weighted by Crippen LogP contribution is -2.01. The molecule has 0 radical (unpaired) electrons. The molecule has 0 aliphatic carbocycles. The quantitative estimate of drug-likeness (QED) is 0.602. The molecule has 0 heterocycles. The molecule has 1 rings (SSSR count). The highest BCUT2D eigenvalue weighted by Gasteiger charge is 2.07. The number of carbonyl (C=O) groups excluding carboxylic acids is 1. The standard InChI is InChI=1S/C10H10Cl2O2S/c1-7(13)6-15-9-5-3-2-4-8(9)14-10(11)12/h2-5,10H,6H2,1H3. The van der Waals surface area contributed by atoms with Gasteiger partial charge in [-0.05, 0) is 19.1 Å². The minimum Gasteiger partial charge on any atom is -0.460 e. The fourth-order valence-electron chi connectivity index (χ4n) is 0.942. The molecule has 0 aliphatic rings. The molecule has 0 bridgehead atoms. The number of ketones is 1. The van der Waals surface area contributed by atoms with Crippen molar-refractivity contribution in [1.82, 2.24) is 0 Å². The van der Waals surface area contributed by atoms with Crippen LogP contribution in [0.25, 0.3) is 0 Å². The maximum atomic E-state index is 10.8. The van der Waals surface area contributed by atoms with Gasteiger partial charge in [-0.1, -0.05) is 35.3 Å². The van der Waals surface area contributed by atoms with Crippen molar-refractivity contribution in [3.05, 3.63) is 24.3 Å². The lowest BCUT2D eigenvalue weighted by Gasteiger charge is -2.10. The first kappa shape index (κ1) is 12.7. The average molecular weight is 265 g/mol. The van der Waals surface area contributed by atoms with Crippen molar-refractivity contribution in [3.63, 3.8) is 0 Å². The number of hydrogen-bond acceptors (Lipinski definition) is 3. The predicted molar refractivity (Wildman–Crippen MR) is 64.0 cm³/mol. The van der Waals surface area contributed by atoms with E-state index in [0.29, 0.717) is 11.5 Å². The summed E-state index contributed by atoms with van der Waals surface area (Å²) in [5.74, 6) is 1.12. The lowest BCUT2D eigenvalue weighted by atomic mass is 10.3. The third-order valence-electron chi connectivity index (χ3n) is 1.50. The van der Waals surface area contributed by atoms with Crippen LogP contribution >= 0.6 is 35.0 Å². The van der Waals surface area contributed by atoms with Crippen LogP contribution in [0, 0.1) is 0 Å². The highest BCUT2D eigenvalue weighted by atomic mass is 35.5. The summed E-state index contributed by atoms with van der Waals surface area (Å²) in [6.07, 6.45) is 0. The van der Waals surface area contributed by atoms with Crippen molar-refractivity contribution in [2.45, 2.75) is 16.8 Å². The third-order valence-corrected chi connectivity index (χ3v) is 2.87. The predicted octanol–water partition coefficient (Wildman–Crippen LogP) is 3.51. The largest absolute Gasteiger partial charge is 0.460 e. The van der Waals surface area contributed by atoms with Gasteiger partial charge in [-0.3, -0.25) is 4.79 Å². The van der Waals surface area contributed by atoms with Crippen LogP contribution in [-0.2, 0) is 4.79 Å². The van der Waals surface area contributed by atoms with Crippen molar-refractivity contribution in [3.8, 4) is 5.75 Å². The van der Waals surface area contributed by atoms with E-state index in [1.165, 1.54) is 11.8 Å². The van der Waals surface area contributed by atoms with Gasteiger partial charge in [0.05, 0.1) is 5.75 Å². The van der Waals surface area contributed by atoms with Crippen molar-refractivity contribution < 1.29 is 9.53 Å². The van der Waals surface area contributed by atoms with Gasteiger partial charge < -0.3 is 4.74 Å². The van der Waals surface area contributed by atoms with Gasteiger partial charge in [-0.15, -0.1) is 11.8 Å². The molecule has 0 aliphatic heterocycles. The zero-order valence-corrected chi connectivity index (χ0v) is 10.4. The highest BCUT2D eigenvalue weighted by Crippen LogP contribution is 2.30. The second-order valence-corrected chi connectivity index (χ2v) is 4.85. The van der Waals surface area contributed by atoms with E-state index in [9.17, 15) is 4.79 Å². The zero-order valence-electron chi connectivity index (χ0n) is 8.07. The average Bonchev–Trinajstić information content (AvgIpc) is 2.15. The summed E-state index contributed by atoms with van der Waals surface area (Å²) in [4.78, 5) is 11.7. The second-order valence-electron chi connectivity index (χ2n) is 2.82. The summed E-state index contributed by atoms with van der Waals surface area (Å²) in [6, 6.07) is 7.31. The normalized spacial score (nSPS) is 10.4. The number of hydrogen-bond donors (Lipinski definition) is 0. The van der Waals surface area contributed by atoms with Gasteiger partial charge in [-0.25, -0.2) is 0 Å². The zero-order chi connectivity index (χ0) is 11.3. The molecule has 0 saturated carbocycles. The molecule has 0 atom stereocenters. The Hall–Kier alpha value is -0.380. The summed E-state index contributed by atoms with van der Waals surface area (Å²) in [5.41, 5.74) is 0. The topological polar surface area (TPSA) is 26.3 Å². The van der Waals surface area contributed by atoms with Gasteiger partial charge in [0.1, 0.15) is 11.5 Å². The molecular weight excluding hydrogens is 255 g/mol. The summed E-state index contributed by atoms with van der Waals surface area (Å²) in [6.45, 7) is 1.54. The molecule has 0 aromatic heterocycles. The van der Waals surface area contributed by atoms with Crippen LogP contribution in [0.3, 0.4) is 0 Å². The monoisotopic (exact) mass is 264 g/mol. The Morgan fingerprint density at radius 2 is 2.13 bits per heavy atom. The van der Waals surface area contributed by atoms with Crippen LogP contribution in [0.15, 0.2) is 29.2 Å². The first-order valence-electron chi connectivity index (χ1n) is 4.25. The number of benzene rings is 1. The van der Waals surface area contributed by atoms with Gasteiger partial charge in [-0.2, -0.15) is 0 Å². The molecular formula is C10H10Cl2O2S. The van der Waals surface area contributed by atoms with Gasteiger partial charge >= 0.3 is 0 Å². The molecule has 1 aromatic rings. The van der Waals surface area contributed by atoms with Crippen molar-refractivity contribution >= 4 is 40.7 Å². The molecule has 0 N–H and O–H groups in total. The van der Waals surface area contributed by atoms with E-state index in [1.54, 1.807) is 13.0 Å². The molecule has 0 unspecified atom stereocenters. The number of para-hydroxylation sites is 1. The van der Waals surface area contributed by atoms with Crippen LogP contribution < -0.4 is 4.74 Å². The van der Waals surface area contributed by atoms with E-state index in [4.69, 9.17) is 27.9 Å². The molecule has 0 amide bonds. The second kappa shape index (κ2) is 6.26. The van der Waals surface area contributed by atoms with Crippen LogP contribution in [0.5, 0.6) is 5.75 Å². The number of rotatable bonds is 5. The molecule has 0 spiro atoms. The SMILES string of the molecule is CC(=O)CSc1ccccc1OC(Cl)Cl. The number of carbonyl (C=O) groups is 1. The first-order valence-corrected chi connectivity index (χ1v) is 6.11. The van der Waals surface area contributed by atoms with Crippen molar-refractivity contribution in [2.75, 3.05) is 5.75 Å². The molecule has 1 aromatic carbocycles. The van der Waals surface area contributed by atoms with Gasteiger partial charge in [0.15, 0.2) is 0 Å². The van der Waals surface area contributed by atoms with Crippen LogP contribution in [-0.4, -0.2) is 16.6 Å². The lowest BCUT2D eigenvalue weighted by molar-refractivity contribution is -0.114. The summed E-state index contributed by atoms with van der Waals surface area (Å²) in [7, 11) is 0. The number of Topliss-reactive ketones (excluding diaryl/α,β-unsaturated/α-hetero) is 1. The van der Waals surface area contributed by atoms with Crippen LogP contribution in [0.1, 0.15) is 6.92 Å². The molecule has 0 fully saturated rings. The first-order chi connectivity index (χ1) is 7.09. The molecule has 0 saturated heterocycles. The van der Waals surface area contributed by atoms with Gasteiger partial charge in [0.2, 0.25) is 5.02 Å². The summed E-state index contributed by atoms with van der Waals surface area (Å²) in [5, 5.41) is -0.899. The van der Waals surface area contributed by atoms with Crippen molar-refractivity contribution in [2.24, 2.45) is 0 Å². The minimum absolute atomic E-state index is 0.114. The number of ether oxygens (including phenoxy) is 1. The molecule has 2 nitrogen and oxygen atoms in total. The fraction of sp³-hybridized carbons (Fsp3) is 0.300. The van der Waals surface area contributed by atoms with E-state index in [0.717, 1.165) is 4.90 Å². The number of thioether (sulfide) groups is 1. The van der Waals surface area contributed by atoms with Crippen LogP contribution in [0.4, 0.5) is 0 Å². The molecule has 15 heavy (non-hydrogen) atoms. The van der Waals surface area contributed by atoms with Crippen molar-refractivity contribution in [1.29, 1.82) is 0 Å². The van der Waals surface area contributed by atoms with E-state index < -0.39 is 5.02 Å². The number of halogens is 2. The number of alkyl halides is 2. The van der Waals surface area contributed by atoms with Gasteiger partial charge in [0.25, 0.3) is 0 Å². The summed E-state index contributed by atoms with van der Waals surface area (Å²) >= 11 is 12.4. The van der Waals surface area contributed by atoms with E-state index >= 15 is 0 Å². The van der Waals surface area contributed by atoms with E-state index in [1.807, 2.05) is 18.2 Å². The Morgan fingerprint density at radius 3 is 2.73 bits per heavy atom. The molecule has 82 valence electrons. The van der Waals surface area contributed by atoms with E-state index in [2.05, 4.69) is 0 Å². The fourth-order valence-corrected chi connectivity index (χ4v) is 1.93. The Balaban J connectivity index is 2.72. The van der Waals surface area contributed by atoms with E-state index in [-0.39, 0.29) is 5.78 Å². The minimum atomic E-state index is -0.899. The Kier molecular flexibility index (Phi) is 5.29. The van der Waals surface area contributed by atoms with Crippen LogP contribution in [0.2, 0.25) is 0 Å². The smallest absolute Gasteiger partial charge is 0.247 e. The Bertz CT molecular complexity index is 342. The Morgan fingerprint density at radius 1 is 1.47 bits per heavy atom.